The number of pyridine rings is 1. The smallest absolute Gasteiger partial charge is 0.296 e. The highest BCUT2D eigenvalue weighted by molar-refractivity contribution is 5.88. The van der Waals surface area contributed by atoms with Gasteiger partial charge in [0.05, 0.1) is 18.7 Å². The molecule has 0 unspecified atom stereocenters. The lowest BCUT2D eigenvalue weighted by Gasteiger charge is -2.15. The quantitative estimate of drug-likeness (QED) is 0.520. The number of benzene rings is 1. The normalized spacial score (nSPS) is 11.1. The van der Waals surface area contributed by atoms with E-state index in [0.717, 1.165) is 30.4 Å². The standard InChI is InChI=1S/C22H33NO4/c1-4-6-8-9-10-11-15-26-17-12-13-18-19(16-17)23(3)22(25)20(24)21(18)27-14-7-5-2/h12-13,16,24H,4-11,14-15H2,1-3H3. The molecule has 0 atom stereocenters. The van der Waals surface area contributed by atoms with Gasteiger partial charge in [-0.2, -0.15) is 0 Å². The Kier molecular flexibility index (Phi) is 8.49. The summed E-state index contributed by atoms with van der Waals surface area (Å²) >= 11 is 0. The number of hydrogen-bond donors (Lipinski definition) is 1. The van der Waals surface area contributed by atoms with E-state index in [2.05, 4.69) is 13.8 Å². The molecule has 5 heteroatoms. The molecule has 0 aliphatic carbocycles. The first-order chi connectivity index (χ1) is 13.1. The summed E-state index contributed by atoms with van der Waals surface area (Å²) in [5.41, 5.74) is 0.242. The molecular formula is C22H33NO4. The number of nitrogens with zero attached hydrogens (tertiary/aromatic N) is 1. The molecule has 5 nitrogen and oxygen atoms in total. The third kappa shape index (κ3) is 5.65. The van der Waals surface area contributed by atoms with E-state index in [-0.39, 0.29) is 11.5 Å². The van der Waals surface area contributed by atoms with Gasteiger partial charge in [0.25, 0.3) is 5.56 Å². The molecule has 27 heavy (non-hydrogen) atoms. The number of hydrogen-bond acceptors (Lipinski definition) is 4. The van der Waals surface area contributed by atoms with E-state index < -0.39 is 5.56 Å². The molecule has 150 valence electrons. The van der Waals surface area contributed by atoms with Crippen molar-refractivity contribution in [3.63, 3.8) is 0 Å². The topological polar surface area (TPSA) is 60.7 Å². The predicted octanol–water partition coefficient (Wildman–Crippen LogP) is 5.16. The van der Waals surface area contributed by atoms with Crippen molar-refractivity contribution in [2.75, 3.05) is 13.2 Å². The zero-order valence-corrected chi connectivity index (χ0v) is 16.9. The molecule has 0 amide bonds. The molecule has 1 aromatic carbocycles. The summed E-state index contributed by atoms with van der Waals surface area (Å²) in [7, 11) is 1.65. The summed E-state index contributed by atoms with van der Waals surface area (Å²) in [6.45, 7) is 5.43. The van der Waals surface area contributed by atoms with Crippen molar-refractivity contribution in [3.05, 3.63) is 28.6 Å². The van der Waals surface area contributed by atoms with Crippen LogP contribution < -0.4 is 15.0 Å². The van der Waals surface area contributed by atoms with Crippen molar-refractivity contribution >= 4 is 10.9 Å². The minimum Gasteiger partial charge on any atom is -0.500 e. The van der Waals surface area contributed by atoms with E-state index in [9.17, 15) is 9.90 Å². The summed E-state index contributed by atoms with van der Waals surface area (Å²) in [5.74, 6) is 0.669. The molecule has 0 spiro atoms. The molecule has 2 aromatic rings. The van der Waals surface area contributed by atoms with Crippen LogP contribution in [0.5, 0.6) is 17.2 Å². The first kappa shape index (κ1) is 21.1. The summed E-state index contributed by atoms with van der Waals surface area (Å²) in [4.78, 5) is 12.3. The maximum Gasteiger partial charge on any atom is 0.296 e. The third-order valence-electron chi connectivity index (χ3n) is 4.81. The summed E-state index contributed by atoms with van der Waals surface area (Å²) in [6, 6.07) is 5.57. The maximum absolute atomic E-state index is 12.3. The molecule has 2 rings (SSSR count). The number of aryl methyl sites for hydroxylation is 1. The van der Waals surface area contributed by atoms with Gasteiger partial charge < -0.3 is 19.1 Å². The first-order valence-electron chi connectivity index (χ1n) is 10.2. The number of ether oxygens (including phenoxy) is 2. The lowest BCUT2D eigenvalue weighted by molar-refractivity contribution is 0.294. The van der Waals surface area contributed by atoms with Gasteiger partial charge in [0, 0.05) is 18.5 Å². The van der Waals surface area contributed by atoms with Gasteiger partial charge in [-0.25, -0.2) is 0 Å². The Morgan fingerprint density at radius 3 is 2.33 bits per heavy atom. The van der Waals surface area contributed by atoms with Crippen LogP contribution in [0.4, 0.5) is 0 Å². The molecule has 1 heterocycles. The zero-order valence-electron chi connectivity index (χ0n) is 16.9. The maximum atomic E-state index is 12.3. The molecule has 0 radical (unpaired) electrons. The fourth-order valence-electron chi connectivity index (χ4n) is 3.10. The Morgan fingerprint density at radius 2 is 1.59 bits per heavy atom. The number of unbranched alkanes of at least 4 members (excludes halogenated alkanes) is 6. The minimum atomic E-state index is -0.456. The van der Waals surface area contributed by atoms with Crippen LogP contribution in [-0.2, 0) is 7.05 Å². The van der Waals surface area contributed by atoms with Crippen LogP contribution in [0.1, 0.15) is 65.2 Å². The van der Waals surface area contributed by atoms with Crippen molar-refractivity contribution in [2.24, 2.45) is 7.05 Å². The van der Waals surface area contributed by atoms with Crippen molar-refractivity contribution in [3.8, 4) is 17.2 Å². The van der Waals surface area contributed by atoms with Crippen molar-refractivity contribution in [1.82, 2.24) is 4.57 Å². The van der Waals surface area contributed by atoms with Gasteiger partial charge in [-0.3, -0.25) is 4.79 Å². The Morgan fingerprint density at radius 1 is 0.926 bits per heavy atom. The Labute approximate surface area is 161 Å². The van der Waals surface area contributed by atoms with Gasteiger partial charge in [-0.15, -0.1) is 0 Å². The average Bonchev–Trinajstić information content (AvgIpc) is 2.68. The van der Waals surface area contributed by atoms with Gasteiger partial charge in [0.2, 0.25) is 5.75 Å². The van der Waals surface area contributed by atoms with E-state index >= 15 is 0 Å². The van der Waals surface area contributed by atoms with E-state index in [1.54, 1.807) is 7.05 Å². The highest BCUT2D eigenvalue weighted by Gasteiger charge is 2.16. The summed E-state index contributed by atoms with van der Waals surface area (Å²) in [5, 5.41) is 10.9. The number of aromatic hydroxyl groups is 1. The number of aromatic nitrogens is 1. The highest BCUT2D eigenvalue weighted by atomic mass is 16.5. The van der Waals surface area contributed by atoms with Crippen LogP contribution in [0, 0.1) is 0 Å². The van der Waals surface area contributed by atoms with E-state index in [0.29, 0.717) is 18.7 Å². The minimum absolute atomic E-state index is 0.268. The monoisotopic (exact) mass is 375 g/mol. The van der Waals surface area contributed by atoms with E-state index in [4.69, 9.17) is 9.47 Å². The fraction of sp³-hybridized carbons (Fsp3) is 0.591. The second kappa shape index (κ2) is 10.9. The lowest BCUT2D eigenvalue weighted by atomic mass is 10.1. The second-order valence-corrected chi connectivity index (χ2v) is 7.04. The van der Waals surface area contributed by atoms with Crippen LogP contribution in [-0.4, -0.2) is 22.9 Å². The molecular weight excluding hydrogens is 342 g/mol. The van der Waals surface area contributed by atoms with Crippen molar-refractivity contribution in [2.45, 2.75) is 65.2 Å². The molecule has 0 bridgehead atoms. The van der Waals surface area contributed by atoms with Crippen LogP contribution in [0.25, 0.3) is 10.9 Å². The van der Waals surface area contributed by atoms with Crippen molar-refractivity contribution < 1.29 is 14.6 Å². The molecule has 0 fully saturated rings. The number of rotatable bonds is 12. The molecule has 0 aliphatic heterocycles. The highest BCUT2D eigenvalue weighted by Crippen LogP contribution is 2.33. The van der Waals surface area contributed by atoms with Gasteiger partial charge >= 0.3 is 0 Å². The van der Waals surface area contributed by atoms with Gasteiger partial charge in [0.15, 0.2) is 5.75 Å². The molecule has 1 N–H and O–H groups in total. The largest absolute Gasteiger partial charge is 0.500 e. The van der Waals surface area contributed by atoms with Gasteiger partial charge in [0.1, 0.15) is 5.75 Å². The number of fused-ring (bicyclic) bond motifs is 1. The zero-order chi connectivity index (χ0) is 19.6. The average molecular weight is 376 g/mol. The Balaban J connectivity index is 2.10. The molecule has 0 aliphatic rings. The summed E-state index contributed by atoms with van der Waals surface area (Å²) < 4.78 is 13.0. The van der Waals surface area contributed by atoms with E-state index in [1.165, 1.54) is 36.7 Å². The first-order valence-corrected chi connectivity index (χ1v) is 10.2. The fourth-order valence-corrected chi connectivity index (χ4v) is 3.10. The molecule has 1 aromatic heterocycles. The predicted molar refractivity (Wildman–Crippen MR) is 110 cm³/mol. The van der Waals surface area contributed by atoms with Crippen LogP contribution in [0.15, 0.2) is 23.0 Å². The SMILES string of the molecule is CCCCCCCCOc1ccc2c(OCCCC)c(O)c(=O)n(C)c2c1. The van der Waals surface area contributed by atoms with Crippen LogP contribution in [0.3, 0.4) is 0 Å². The second-order valence-electron chi connectivity index (χ2n) is 7.04. The van der Waals surface area contributed by atoms with E-state index in [1.807, 2.05) is 18.2 Å². The Bertz CT molecular complexity index is 782. The Hall–Kier alpha value is -2.17. The van der Waals surface area contributed by atoms with Gasteiger partial charge in [-0.1, -0.05) is 52.4 Å². The third-order valence-corrected chi connectivity index (χ3v) is 4.81. The molecule has 0 saturated heterocycles. The molecule has 0 saturated carbocycles. The van der Waals surface area contributed by atoms with Crippen LogP contribution in [0.2, 0.25) is 0 Å². The van der Waals surface area contributed by atoms with Gasteiger partial charge in [-0.05, 0) is 25.0 Å². The van der Waals surface area contributed by atoms with Crippen molar-refractivity contribution in [1.29, 1.82) is 0 Å². The van der Waals surface area contributed by atoms with Crippen LogP contribution >= 0.6 is 0 Å². The lowest BCUT2D eigenvalue weighted by Crippen LogP contribution is -2.18. The summed E-state index contributed by atoms with van der Waals surface area (Å²) in [6.07, 6.45) is 9.16.